The Balaban J connectivity index is 3.50. The molecule has 0 aromatic heterocycles. The summed E-state index contributed by atoms with van der Waals surface area (Å²) < 4.78 is 0. The zero-order valence-electron chi connectivity index (χ0n) is 8.67. The number of nitrogens with one attached hydrogen (secondary N) is 1. The molecule has 0 bridgehead atoms. The van der Waals surface area contributed by atoms with Gasteiger partial charge in [0.05, 0.1) is 0 Å². The van der Waals surface area contributed by atoms with Crippen molar-refractivity contribution >= 4 is 17.7 Å². The Hall–Kier alpha value is -0.220. The highest BCUT2D eigenvalue weighted by Gasteiger charge is 2.11. The van der Waals surface area contributed by atoms with E-state index in [4.69, 9.17) is 5.73 Å². The van der Waals surface area contributed by atoms with Crippen LogP contribution in [-0.2, 0) is 4.79 Å². The van der Waals surface area contributed by atoms with E-state index in [0.29, 0.717) is 12.3 Å². The predicted octanol–water partition coefficient (Wildman–Crippen LogP) is 0.839. The molecule has 3 nitrogen and oxygen atoms in total. The smallest absolute Gasteiger partial charge is 0.221 e. The highest BCUT2D eigenvalue weighted by atomic mass is 32.2. The Kier molecular flexibility index (Phi) is 7.09. The fourth-order valence-corrected chi connectivity index (χ4v) is 1.12. The van der Waals surface area contributed by atoms with Crippen LogP contribution in [0.5, 0.6) is 0 Å². The quantitative estimate of drug-likeness (QED) is 0.630. The van der Waals surface area contributed by atoms with Gasteiger partial charge in [-0.25, -0.2) is 0 Å². The molecule has 3 N–H and O–H groups in total. The van der Waals surface area contributed by atoms with Crippen LogP contribution in [0.2, 0.25) is 0 Å². The van der Waals surface area contributed by atoms with E-state index in [-0.39, 0.29) is 11.9 Å². The van der Waals surface area contributed by atoms with Crippen LogP contribution in [0.3, 0.4) is 0 Å². The van der Waals surface area contributed by atoms with Gasteiger partial charge in [0.2, 0.25) is 5.91 Å². The molecular weight excluding hydrogens is 184 g/mol. The Labute approximate surface area is 84.8 Å². The maximum absolute atomic E-state index is 11.2. The summed E-state index contributed by atoms with van der Waals surface area (Å²) in [6, 6.07) is -0.0192. The lowest BCUT2D eigenvalue weighted by Gasteiger charge is -2.14. The van der Waals surface area contributed by atoms with Crippen LogP contribution in [-0.4, -0.2) is 30.5 Å². The third kappa shape index (κ3) is 6.90. The SMILES string of the molecule is CSCCNC(=O)CC(N)C(C)C. The topological polar surface area (TPSA) is 55.1 Å². The number of hydrogen-bond acceptors (Lipinski definition) is 3. The van der Waals surface area contributed by atoms with Gasteiger partial charge in [-0.15, -0.1) is 0 Å². The van der Waals surface area contributed by atoms with E-state index >= 15 is 0 Å². The van der Waals surface area contributed by atoms with Gasteiger partial charge in [-0.1, -0.05) is 13.8 Å². The van der Waals surface area contributed by atoms with Gasteiger partial charge in [-0.2, -0.15) is 11.8 Å². The fourth-order valence-electron chi connectivity index (χ4n) is 0.814. The van der Waals surface area contributed by atoms with Gasteiger partial charge in [0, 0.05) is 24.8 Å². The molecule has 13 heavy (non-hydrogen) atoms. The number of hydrogen-bond donors (Lipinski definition) is 2. The van der Waals surface area contributed by atoms with Crippen LogP contribution >= 0.6 is 11.8 Å². The van der Waals surface area contributed by atoms with Crippen molar-refractivity contribution in [2.45, 2.75) is 26.3 Å². The Morgan fingerprint density at radius 2 is 2.15 bits per heavy atom. The summed E-state index contributed by atoms with van der Waals surface area (Å²) in [5.74, 6) is 1.39. The molecule has 0 fully saturated rings. The fraction of sp³-hybridized carbons (Fsp3) is 0.889. The standard InChI is InChI=1S/C9H20N2OS/c1-7(2)8(10)6-9(12)11-4-5-13-3/h7-8H,4-6,10H2,1-3H3,(H,11,12). The molecule has 4 heteroatoms. The van der Waals surface area contributed by atoms with E-state index < -0.39 is 0 Å². The molecule has 1 amide bonds. The van der Waals surface area contributed by atoms with Gasteiger partial charge in [0.25, 0.3) is 0 Å². The summed E-state index contributed by atoms with van der Waals surface area (Å²) in [6.07, 6.45) is 2.46. The van der Waals surface area contributed by atoms with Gasteiger partial charge < -0.3 is 11.1 Å². The van der Waals surface area contributed by atoms with Crippen LogP contribution < -0.4 is 11.1 Å². The average molecular weight is 204 g/mol. The van der Waals surface area contributed by atoms with Crippen molar-refractivity contribution in [3.8, 4) is 0 Å². The molecule has 0 rings (SSSR count). The summed E-state index contributed by atoms with van der Waals surface area (Å²) >= 11 is 1.72. The van der Waals surface area contributed by atoms with Crippen molar-refractivity contribution in [2.24, 2.45) is 11.7 Å². The molecule has 0 aliphatic rings. The van der Waals surface area contributed by atoms with E-state index in [1.807, 2.05) is 20.1 Å². The molecule has 78 valence electrons. The highest BCUT2D eigenvalue weighted by molar-refractivity contribution is 7.98. The number of thioether (sulfide) groups is 1. The van der Waals surface area contributed by atoms with E-state index in [2.05, 4.69) is 5.32 Å². The van der Waals surface area contributed by atoms with Crippen LogP contribution in [0.25, 0.3) is 0 Å². The molecule has 0 saturated carbocycles. The third-order valence-corrected chi connectivity index (χ3v) is 2.52. The maximum Gasteiger partial charge on any atom is 0.221 e. The molecule has 0 aromatic rings. The summed E-state index contributed by atoms with van der Waals surface area (Å²) in [5.41, 5.74) is 5.76. The van der Waals surface area contributed by atoms with Crippen molar-refractivity contribution in [1.29, 1.82) is 0 Å². The van der Waals surface area contributed by atoms with Crippen molar-refractivity contribution in [1.82, 2.24) is 5.32 Å². The first-order chi connectivity index (χ1) is 6.07. The van der Waals surface area contributed by atoms with Gasteiger partial charge in [0.1, 0.15) is 0 Å². The molecule has 0 spiro atoms. The molecular formula is C9H20N2OS. The zero-order chi connectivity index (χ0) is 10.3. The number of rotatable bonds is 6. The lowest BCUT2D eigenvalue weighted by atomic mass is 10.0. The van der Waals surface area contributed by atoms with Crippen LogP contribution in [0.1, 0.15) is 20.3 Å². The summed E-state index contributed by atoms with van der Waals surface area (Å²) in [4.78, 5) is 11.2. The second-order valence-electron chi connectivity index (χ2n) is 3.45. The van der Waals surface area contributed by atoms with Crippen molar-refractivity contribution in [2.75, 3.05) is 18.6 Å². The highest BCUT2D eigenvalue weighted by Crippen LogP contribution is 2.02. The molecule has 0 aliphatic carbocycles. The largest absolute Gasteiger partial charge is 0.355 e. The average Bonchev–Trinajstić information content (AvgIpc) is 2.04. The Morgan fingerprint density at radius 3 is 2.62 bits per heavy atom. The number of amides is 1. The minimum atomic E-state index is -0.0192. The van der Waals surface area contributed by atoms with Gasteiger partial charge in [-0.05, 0) is 12.2 Å². The first-order valence-corrected chi connectivity index (χ1v) is 5.98. The van der Waals surface area contributed by atoms with E-state index in [0.717, 1.165) is 12.3 Å². The molecule has 0 aromatic carbocycles. The molecule has 0 aliphatic heterocycles. The zero-order valence-corrected chi connectivity index (χ0v) is 9.49. The van der Waals surface area contributed by atoms with Crippen LogP contribution in [0.4, 0.5) is 0 Å². The van der Waals surface area contributed by atoms with Crippen molar-refractivity contribution < 1.29 is 4.79 Å². The van der Waals surface area contributed by atoms with Gasteiger partial charge >= 0.3 is 0 Å². The Morgan fingerprint density at radius 1 is 1.54 bits per heavy atom. The van der Waals surface area contributed by atoms with E-state index in [1.54, 1.807) is 11.8 Å². The van der Waals surface area contributed by atoms with Gasteiger partial charge in [0.15, 0.2) is 0 Å². The second kappa shape index (κ2) is 7.21. The Bertz CT molecular complexity index is 151. The second-order valence-corrected chi connectivity index (χ2v) is 4.44. The minimum Gasteiger partial charge on any atom is -0.355 e. The van der Waals surface area contributed by atoms with Crippen molar-refractivity contribution in [3.63, 3.8) is 0 Å². The van der Waals surface area contributed by atoms with Crippen molar-refractivity contribution in [3.05, 3.63) is 0 Å². The molecule has 1 unspecified atom stereocenters. The normalized spacial score (nSPS) is 13.0. The maximum atomic E-state index is 11.2. The van der Waals surface area contributed by atoms with Crippen LogP contribution in [0, 0.1) is 5.92 Å². The first kappa shape index (κ1) is 12.8. The molecule has 1 atom stereocenters. The summed E-state index contributed by atoms with van der Waals surface area (Å²) in [5, 5.41) is 2.83. The number of nitrogens with two attached hydrogens (primary N) is 1. The van der Waals surface area contributed by atoms with E-state index in [9.17, 15) is 4.79 Å². The molecule has 0 radical (unpaired) electrons. The van der Waals surface area contributed by atoms with E-state index in [1.165, 1.54) is 0 Å². The summed E-state index contributed by atoms with van der Waals surface area (Å²) in [6.45, 7) is 4.80. The lowest BCUT2D eigenvalue weighted by Crippen LogP contribution is -2.35. The first-order valence-electron chi connectivity index (χ1n) is 4.59. The van der Waals surface area contributed by atoms with Gasteiger partial charge in [-0.3, -0.25) is 4.79 Å². The predicted molar refractivity (Wildman–Crippen MR) is 58.8 cm³/mol. The number of carbonyl (C=O) groups excluding carboxylic acids is 1. The minimum absolute atomic E-state index is 0.0192. The molecule has 0 heterocycles. The monoisotopic (exact) mass is 204 g/mol. The van der Waals surface area contributed by atoms with Crippen LogP contribution in [0.15, 0.2) is 0 Å². The third-order valence-electron chi connectivity index (χ3n) is 1.91. The molecule has 0 saturated heterocycles. The summed E-state index contributed by atoms with van der Waals surface area (Å²) in [7, 11) is 0. The lowest BCUT2D eigenvalue weighted by molar-refractivity contribution is -0.121. The number of carbonyl (C=O) groups is 1.